The first-order valence-corrected chi connectivity index (χ1v) is 9.08. The van der Waals surface area contributed by atoms with E-state index in [1.54, 1.807) is 24.7 Å². The van der Waals surface area contributed by atoms with Gasteiger partial charge in [0.15, 0.2) is 0 Å². The quantitative estimate of drug-likeness (QED) is 0.531. The Bertz CT molecular complexity index is 1130. The third-order valence-electron chi connectivity index (χ3n) is 4.46. The second kappa shape index (κ2) is 7.88. The normalized spacial score (nSPS) is 10.6. The van der Waals surface area contributed by atoms with Crippen molar-refractivity contribution in [2.75, 3.05) is 10.6 Å². The Morgan fingerprint density at radius 3 is 2.75 bits per heavy atom. The maximum Gasteiger partial charge on any atom is 0.257 e. The van der Waals surface area contributed by atoms with Gasteiger partial charge in [0.2, 0.25) is 0 Å². The first-order chi connectivity index (χ1) is 13.7. The third kappa shape index (κ3) is 3.99. The predicted molar refractivity (Wildman–Crippen MR) is 112 cm³/mol. The highest BCUT2D eigenvalue weighted by Crippen LogP contribution is 2.21. The van der Waals surface area contributed by atoms with Crippen LogP contribution in [0, 0.1) is 6.92 Å². The predicted octanol–water partition coefficient (Wildman–Crippen LogP) is 4.80. The van der Waals surface area contributed by atoms with Crippen molar-refractivity contribution < 1.29 is 4.79 Å². The van der Waals surface area contributed by atoms with Crippen LogP contribution in [0.3, 0.4) is 0 Å². The van der Waals surface area contributed by atoms with Gasteiger partial charge in [-0.1, -0.05) is 48.0 Å². The molecule has 0 unspecified atom stereocenters. The van der Waals surface area contributed by atoms with E-state index >= 15 is 0 Å². The highest BCUT2D eigenvalue weighted by Gasteiger charge is 2.10. The standard InChI is InChI=1S/C23H20N4O/c1-16-5-2-6-17(11-16)13-26-20-12-19(14-24-15-20)23(28)27-21-9-3-7-18-8-4-10-25-22(18)21/h2-12,14-15,26H,13H2,1H3,(H,27,28). The van der Waals surface area contributed by atoms with Crippen LogP contribution in [-0.2, 0) is 6.54 Å². The minimum atomic E-state index is -0.218. The number of hydrogen-bond acceptors (Lipinski definition) is 4. The smallest absolute Gasteiger partial charge is 0.257 e. The third-order valence-corrected chi connectivity index (χ3v) is 4.46. The van der Waals surface area contributed by atoms with Crippen molar-refractivity contribution in [1.29, 1.82) is 0 Å². The van der Waals surface area contributed by atoms with Gasteiger partial charge < -0.3 is 10.6 Å². The molecule has 28 heavy (non-hydrogen) atoms. The van der Waals surface area contributed by atoms with Gasteiger partial charge in [-0.05, 0) is 30.7 Å². The van der Waals surface area contributed by atoms with E-state index in [9.17, 15) is 4.79 Å². The lowest BCUT2D eigenvalue weighted by molar-refractivity contribution is 0.102. The van der Waals surface area contributed by atoms with E-state index in [4.69, 9.17) is 0 Å². The molecular weight excluding hydrogens is 348 g/mol. The molecule has 5 nitrogen and oxygen atoms in total. The molecule has 0 aliphatic rings. The molecule has 0 aliphatic heterocycles. The summed E-state index contributed by atoms with van der Waals surface area (Å²) < 4.78 is 0. The Labute approximate surface area is 163 Å². The van der Waals surface area contributed by atoms with Gasteiger partial charge in [0.05, 0.1) is 22.5 Å². The van der Waals surface area contributed by atoms with Crippen LogP contribution >= 0.6 is 0 Å². The molecule has 2 N–H and O–H groups in total. The lowest BCUT2D eigenvalue weighted by Crippen LogP contribution is -2.13. The van der Waals surface area contributed by atoms with E-state index in [1.807, 2.05) is 36.4 Å². The first kappa shape index (κ1) is 17.7. The fourth-order valence-corrected chi connectivity index (χ4v) is 3.09. The number of nitrogens with one attached hydrogen (secondary N) is 2. The van der Waals surface area contributed by atoms with Gasteiger partial charge in [0, 0.05) is 30.5 Å². The lowest BCUT2D eigenvalue weighted by Gasteiger charge is -2.10. The zero-order chi connectivity index (χ0) is 19.3. The van der Waals surface area contributed by atoms with Crippen LogP contribution in [0.2, 0.25) is 0 Å². The number of anilines is 2. The van der Waals surface area contributed by atoms with Gasteiger partial charge >= 0.3 is 0 Å². The summed E-state index contributed by atoms with van der Waals surface area (Å²) in [6.07, 6.45) is 4.99. The number of amides is 1. The molecule has 0 bridgehead atoms. The van der Waals surface area contributed by atoms with Crippen LogP contribution in [0.15, 0.2) is 79.3 Å². The molecule has 0 fully saturated rings. The van der Waals surface area contributed by atoms with Crippen molar-refractivity contribution in [1.82, 2.24) is 9.97 Å². The number of para-hydroxylation sites is 1. The van der Waals surface area contributed by atoms with Crippen LogP contribution < -0.4 is 10.6 Å². The van der Waals surface area contributed by atoms with E-state index in [2.05, 4.69) is 45.7 Å². The number of aromatic nitrogens is 2. The lowest BCUT2D eigenvalue weighted by atomic mass is 10.1. The summed E-state index contributed by atoms with van der Waals surface area (Å²) in [4.78, 5) is 21.3. The van der Waals surface area contributed by atoms with Crippen LogP contribution in [-0.4, -0.2) is 15.9 Å². The number of hydrogen-bond donors (Lipinski definition) is 2. The molecule has 0 spiro atoms. The van der Waals surface area contributed by atoms with E-state index in [-0.39, 0.29) is 5.91 Å². The zero-order valence-corrected chi connectivity index (χ0v) is 15.5. The highest BCUT2D eigenvalue weighted by molar-refractivity contribution is 6.08. The molecule has 0 saturated heterocycles. The van der Waals surface area contributed by atoms with E-state index in [0.29, 0.717) is 17.8 Å². The summed E-state index contributed by atoms with van der Waals surface area (Å²) in [6, 6.07) is 19.7. The van der Waals surface area contributed by atoms with Crippen LogP contribution in [0.5, 0.6) is 0 Å². The largest absolute Gasteiger partial charge is 0.380 e. The number of aryl methyl sites for hydroxylation is 1. The van der Waals surface area contributed by atoms with Crippen molar-refractivity contribution >= 4 is 28.2 Å². The Morgan fingerprint density at radius 1 is 1.00 bits per heavy atom. The minimum Gasteiger partial charge on any atom is -0.380 e. The Morgan fingerprint density at radius 2 is 1.86 bits per heavy atom. The van der Waals surface area contributed by atoms with Crippen LogP contribution in [0.25, 0.3) is 10.9 Å². The van der Waals surface area contributed by atoms with E-state index in [1.165, 1.54) is 11.1 Å². The number of rotatable bonds is 5. The molecule has 2 heterocycles. The average molecular weight is 368 g/mol. The molecule has 0 atom stereocenters. The van der Waals surface area contributed by atoms with Crippen molar-refractivity contribution in [3.05, 3.63) is 95.9 Å². The highest BCUT2D eigenvalue weighted by atomic mass is 16.1. The van der Waals surface area contributed by atoms with Gasteiger partial charge in [-0.15, -0.1) is 0 Å². The number of carbonyl (C=O) groups excluding carboxylic acids is 1. The first-order valence-electron chi connectivity index (χ1n) is 9.08. The molecule has 0 aliphatic carbocycles. The fraction of sp³-hybridized carbons (Fsp3) is 0.0870. The van der Waals surface area contributed by atoms with Crippen LogP contribution in [0.4, 0.5) is 11.4 Å². The van der Waals surface area contributed by atoms with Crippen molar-refractivity contribution in [2.45, 2.75) is 13.5 Å². The van der Waals surface area contributed by atoms with Crippen molar-refractivity contribution in [2.24, 2.45) is 0 Å². The molecule has 4 aromatic rings. The maximum atomic E-state index is 12.7. The number of fused-ring (bicyclic) bond motifs is 1. The second-order valence-corrected chi connectivity index (χ2v) is 6.64. The monoisotopic (exact) mass is 368 g/mol. The summed E-state index contributed by atoms with van der Waals surface area (Å²) in [7, 11) is 0. The Balaban J connectivity index is 1.49. The average Bonchev–Trinajstić information content (AvgIpc) is 2.73. The molecule has 1 amide bonds. The van der Waals surface area contributed by atoms with Crippen molar-refractivity contribution in [3.63, 3.8) is 0 Å². The molecule has 138 valence electrons. The molecular formula is C23H20N4O. The molecule has 4 rings (SSSR count). The second-order valence-electron chi connectivity index (χ2n) is 6.64. The summed E-state index contributed by atoms with van der Waals surface area (Å²) >= 11 is 0. The molecule has 2 aromatic carbocycles. The number of nitrogens with zero attached hydrogens (tertiary/aromatic N) is 2. The van der Waals surface area contributed by atoms with Gasteiger partial charge in [0.25, 0.3) is 5.91 Å². The zero-order valence-electron chi connectivity index (χ0n) is 15.5. The van der Waals surface area contributed by atoms with E-state index in [0.717, 1.165) is 16.6 Å². The van der Waals surface area contributed by atoms with Gasteiger partial charge in [-0.25, -0.2) is 0 Å². The fourth-order valence-electron chi connectivity index (χ4n) is 3.09. The van der Waals surface area contributed by atoms with Crippen LogP contribution in [0.1, 0.15) is 21.5 Å². The maximum absolute atomic E-state index is 12.7. The SMILES string of the molecule is Cc1cccc(CNc2cncc(C(=O)Nc3cccc4cccnc34)c2)c1. The van der Waals surface area contributed by atoms with Gasteiger partial charge in [-0.3, -0.25) is 14.8 Å². The molecule has 5 heteroatoms. The Hall–Kier alpha value is -3.73. The van der Waals surface area contributed by atoms with Gasteiger partial charge in [0.1, 0.15) is 0 Å². The number of carbonyl (C=O) groups is 1. The number of benzene rings is 2. The molecule has 2 aromatic heterocycles. The van der Waals surface area contributed by atoms with Crippen molar-refractivity contribution in [3.8, 4) is 0 Å². The topological polar surface area (TPSA) is 66.9 Å². The summed E-state index contributed by atoms with van der Waals surface area (Å²) in [5.41, 5.74) is 5.12. The van der Waals surface area contributed by atoms with Gasteiger partial charge in [-0.2, -0.15) is 0 Å². The minimum absolute atomic E-state index is 0.218. The number of pyridine rings is 2. The van der Waals surface area contributed by atoms with E-state index < -0.39 is 0 Å². The molecule has 0 saturated carbocycles. The Kier molecular flexibility index (Phi) is 4.97. The summed E-state index contributed by atoms with van der Waals surface area (Å²) in [6.45, 7) is 2.74. The summed E-state index contributed by atoms with van der Waals surface area (Å²) in [5, 5.41) is 7.24. The summed E-state index contributed by atoms with van der Waals surface area (Å²) in [5.74, 6) is -0.218. The molecule has 0 radical (unpaired) electrons.